The van der Waals surface area contributed by atoms with E-state index in [0.717, 1.165) is 30.5 Å². The molecule has 5 rings (SSSR count). The average Bonchev–Trinajstić information content (AvgIpc) is 3.62. The molecule has 2 aliphatic rings. The van der Waals surface area contributed by atoms with Crippen LogP contribution in [0.4, 0.5) is 8.78 Å². The second-order valence-corrected chi connectivity index (χ2v) is 9.23. The van der Waals surface area contributed by atoms with Crippen molar-refractivity contribution in [2.75, 3.05) is 0 Å². The number of carbonyl (C=O) groups is 1. The van der Waals surface area contributed by atoms with Crippen LogP contribution < -0.4 is 11.2 Å². The third-order valence-electron chi connectivity index (χ3n) is 7.36. The largest absolute Gasteiger partial charge is 0.364 e. The highest BCUT2D eigenvalue weighted by Gasteiger charge is 2.40. The van der Waals surface area contributed by atoms with Crippen molar-refractivity contribution in [2.45, 2.75) is 50.9 Å². The number of hydrogen-bond donors (Lipinski definition) is 2. The number of fused-ring (bicyclic) bond motifs is 1. The molecule has 32 heavy (non-hydrogen) atoms. The number of carbonyl (C=O) groups excluding carboxylic acids is 1. The first-order valence-corrected chi connectivity index (χ1v) is 11.1. The number of halogens is 2. The third kappa shape index (κ3) is 3.49. The van der Waals surface area contributed by atoms with Gasteiger partial charge in [0.2, 0.25) is 0 Å². The number of nitrogens with zero attached hydrogens (tertiary/aromatic N) is 1. The lowest BCUT2D eigenvalue weighted by Gasteiger charge is -2.37. The number of aromatic nitrogens is 2. The monoisotopic (exact) mass is 437 g/mol. The number of rotatable bonds is 4. The van der Waals surface area contributed by atoms with E-state index in [4.69, 9.17) is 5.73 Å². The molecule has 1 amide bonds. The standard InChI is InChI=1S/C25H25F2N3O2/c1-12-15(6-7-18(26)23(12)27)16-5-4-14(13-2-3-13)10-17(16)20-11-21(31)22-19(30-20)8-9-29-24(22)25(28)32/h6-9,11,13-14,16-17H,2-5,10H2,1H3,(H2,28,32)(H,30,31)/t14?,16-,17+/m0/s1. The highest BCUT2D eigenvalue weighted by atomic mass is 19.2. The minimum atomic E-state index is -0.847. The molecular weight excluding hydrogens is 412 g/mol. The predicted molar refractivity (Wildman–Crippen MR) is 118 cm³/mol. The Bertz CT molecular complexity index is 1280. The minimum absolute atomic E-state index is 0.0364. The Morgan fingerprint density at radius 1 is 1.09 bits per heavy atom. The number of H-pyrrole nitrogens is 1. The van der Waals surface area contributed by atoms with Gasteiger partial charge in [-0.2, -0.15) is 0 Å². The molecule has 2 heterocycles. The summed E-state index contributed by atoms with van der Waals surface area (Å²) in [7, 11) is 0. The van der Waals surface area contributed by atoms with E-state index in [1.807, 2.05) is 0 Å². The Labute approximate surface area is 184 Å². The predicted octanol–water partition coefficient (Wildman–Crippen LogP) is 4.69. The highest BCUT2D eigenvalue weighted by molar-refractivity contribution is 6.03. The van der Waals surface area contributed by atoms with Gasteiger partial charge in [0.05, 0.1) is 10.9 Å². The lowest BCUT2D eigenvalue weighted by molar-refractivity contribution is 0.0997. The van der Waals surface area contributed by atoms with Gasteiger partial charge >= 0.3 is 0 Å². The lowest BCUT2D eigenvalue weighted by Crippen LogP contribution is -2.26. The van der Waals surface area contributed by atoms with Gasteiger partial charge in [-0.05, 0) is 80.0 Å². The van der Waals surface area contributed by atoms with Crippen molar-refractivity contribution in [1.29, 1.82) is 0 Å². The fourth-order valence-corrected chi connectivity index (χ4v) is 5.59. The Kier molecular flexibility index (Phi) is 5.07. The maximum absolute atomic E-state index is 14.4. The number of nitrogens with one attached hydrogen (secondary N) is 1. The lowest BCUT2D eigenvalue weighted by atomic mass is 9.68. The van der Waals surface area contributed by atoms with E-state index < -0.39 is 17.5 Å². The van der Waals surface area contributed by atoms with Gasteiger partial charge in [0.25, 0.3) is 5.91 Å². The first-order valence-electron chi connectivity index (χ1n) is 11.1. The van der Waals surface area contributed by atoms with E-state index in [9.17, 15) is 18.4 Å². The molecule has 0 aliphatic heterocycles. The SMILES string of the molecule is Cc1c([C@@H]2CCC(C3CC3)C[C@H]2c2cc(=O)c3c(C(N)=O)nccc3[nH]2)ccc(F)c1F. The second kappa shape index (κ2) is 7.80. The Morgan fingerprint density at radius 2 is 1.84 bits per heavy atom. The van der Waals surface area contributed by atoms with Crippen LogP contribution in [0.25, 0.3) is 10.9 Å². The summed E-state index contributed by atoms with van der Waals surface area (Å²) in [5.41, 5.74) is 7.42. The Hall–Kier alpha value is -3.09. The van der Waals surface area contributed by atoms with Crippen molar-refractivity contribution in [3.05, 3.63) is 74.8 Å². The summed E-state index contributed by atoms with van der Waals surface area (Å²) in [5.74, 6) is -1.22. The van der Waals surface area contributed by atoms with E-state index in [-0.39, 0.29) is 28.3 Å². The number of aromatic amines is 1. The minimum Gasteiger partial charge on any atom is -0.364 e. The summed E-state index contributed by atoms with van der Waals surface area (Å²) >= 11 is 0. The molecule has 166 valence electrons. The summed E-state index contributed by atoms with van der Waals surface area (Å²) in [6, 6.07) is 6.05. The van der Waals surface area contributed by atoms with Crippen molar-refractivity contribution >= 4 is 16.8 Å². The van der Waals surface area contributed by atoms with Crippen molar-refractivity contribution in [3.63, 3.8) is 0 Å². The topological polar surface area (TPSA) is 88.8 Å². The zero-order chi connectivity index (χ0) is 22.6. The zero-order valence-corrected chi connectivity index (χ0v) is 17.8. The maximum atomic E-state index is 14.4. The molecule has 2 aromatic heterocycles. The quantitative estimate of drug-likeness (QED) is 0.621. The number of nitrogens with two attached hydrogens (primary N) is 1. The van der Waals surface area contributed by atoms with Crippen LogP contribution in [0.15, 0.2) is 35.3 Å². The highest BCUT2D eigenvalue weighted by Crippen LogP contribution is 2.53. The van der Waals surface area contributed by atoms with Gasteiger partial charge in [0.15, 0.2) is 17.1 Å². The van der Waals surface area contributed by atoms with Gasteiger partial charge in [-0.3, -0.25) is 14.6 Å². The number of hydrogen-bond acceptors (Lipinski definition) is 3. The summed E-state index contributed by atoms with van der Waals surface area (Å²) in [6.45, 7) is 1.62. The average molecular weight is 437 g/mol. The number of amides is 1. The zero-order valence-electron chi connectivity index (χ0n) is 17.8. The fraction of sp³-hybridized carbons (Fsp3) is 0.400. The molecule has 5 nitrogen and oxygen atoms in total. The van der Waals surface area contributed by atoms with Crippen LogP contribution in [0.1, 0.15) is 71.2 Å². The van der Waals surface area contributed by atoms with E-state index in [1.165, 1.54) is 31.2 Å². The number of benzene rings is 1. The molecule has 2 fully saturated rings. The van der Waals surface area contributed by atoms with Crippen LogP contribution >= 0.6 is 0 Å². The normalized spacial score (nSPS) is 23.4. The molecule has 2 saturated carbocycles. The van der Waals surface area contributed by atoms with Crippen LogP contribution in [-0.2, 0) is 0 Å². The van der Waals surface area contributed by atoms with E-state index in [0.29, 0.717) is 22.9 Å². The van der Waals surface area contributed by atoms with Gasteiger partial charge in [0, 0.05) is 23.9 Å². The second-order valence-electron chi connectivity index (χ2n) is 9.23. The van der Waals surface area contributed by atoms with Crippen LogP contribution in [0.2, 0.25) is 0 Å². The molecule has 0 bridgehead atoms. The van der Waals surface area contributed by atoms with Gasteiger partial charge in [0.1, 0.15) is 5.69 Å². The molecule has 2 aliphatic carbocycles. The molecule has 1 aromatic carbocycles. The summed E-state index contributed by atoms with van der Waals surface area (Å²) < 4.78 is 28.2. The molecule has 3 aromatic rings. The Balaban J connectivity index is 1.63. The molecule has 7 heteroatoms. The van der Waals surface area contributed by atoms with Gasteiger partial charge < -0.3 is 10.7 Å². The first kappa shape index (κ1) is 20.8. The van der Waals surface area contributed by atoms with E-state index in [1.54, 1.807) is 19.1 Å². The molecule has 0 radical (unpaired) electrons. The van der Waals surface area contributed by atoms with Gasteiger partial charge in [-0.15, -0.1) is 0 Å². The summed E-state index contributed by atoms with van der Waals surface area (Å²) in [5, 5.41) is 0.179. The van der Waals surface area contributed by atoms with Crippen molar-refractivity contribution in [2.24, 2.45) is 17.6 Å². The molecule has 3 atom stereocenters. The van der Waals surface area contributed by atoms with Gasteiger partial charge in [-0.25, -0.2) is 8.78 Å². The van der Waals surface area contributed by atoms with Crippen LogP contribution in [-0.4, -0.2) is 15.9 Å². The molecular formula is C25H25F2N3O2. The maximum Gasteiger partial charge on any atom is 0.268 e. The Morgan fingerprint density at radius 3 is 2.56 bits per heavy atom. The van der Waals surface area contributed by atoms with Crippen LogP contribution in [0.5, 0.6) is 0 Å². The molecule has 1 unspecified atom stereocenters. The van der Waals surface area contributed by atoms with Crippen molar-refractivity contribution < 1.29 is 13.6 Å². The van der Waals surface area contributed by atoms with Crippen LogP contribution in [0.3, 0.4) is 0 Å². The molecule has 0 spiro atoms. The van der Waals surface area contributed by atoms with Crippen LogP contribution in [0, 0.1) is 30.4 Å². The summed E-state index contributed by atoms with van der Waals surface area (Å²) in [4.78, 5) is 32.1. The molecule has 0 saturated heterocycles. The van der Waals surface area contributed by atoms with E-state index in [2.05, 4.69) is 9.97 Å². The van der Waals surface area contributed by atoms with Crippen molar-refractivity contribution in [1.82, 2.24) is 9.97 Å². The smallest absolute Gasteiger partial charge is 0.268 e. The molecule has 3 N–H and O–H groups in total. The summed E-state index contributed by atoms with van der Waals surface area (Å²) in [6.07, 6.45) is 6.68. The van der Waals surface area contributed by atoms with E-state index >= 15 is 0 Å². The van der Waals surface area contributed by atoms with Crippen molar-refractivity contribution in [3.8, 4) is 0 Å². The number of primary amides is 1. The fourth-order valence-electron chi connectivity index (χ4n) is 5.59. The van der Waals surface area contributed by atoms with Gasteiger partial charge in [-0.1, -0.05) is 6.07 Å². The third-order valence-corrected chi connectivity index (χ3v) is 7.36. The first-order chi connectivity index (χ1) is 15.3. The number of pyridine rings is 2.